The van der Waals surface area contributed by atoms with Gasteiger partial charge in [0.25, 0.3) is 0 Å². The van der Waals surface area contributed by atoms with Crippen LogP contribution in [0.15, 0.2) is 42.9 Å². The van der Waals surface area contributed by atoms with Crippen LogP contribution in [0.3, 0.4) is 0 Å². The van der Waals surface area contributed by atoms with Gasteiger partial charge in [0.1, 0.15) is 23.0 Å². The van der Waals surface area contributed by atoms with Crippen LogP contribution in [-0.2, 0) is 7.05 Å². The smallest absolute Gasteiger partial charge is 0.161 e. The van der Waals surface area contributed by atoms with Crippen molar-refractivity contribution in [3.63, 3.8) is 0 Å². The monoisotopic (exact) mass is 276 g/mol. The van der Waals surface area contributed by atoms with Gasteiger partial charge in [0, 0.05) is 18.8 Å². The molecule has 4 aromatic rings. The molecule has 0 unspecified atom stereocenters. The van der Waals surface area contributed by atoms with Crippen molar-refractivity contribution in [3.05, 3.63) is 42.9 Å². The molecule has 0 saturated carbocycles. The van der Waals surface area contributed by atoms with Crippen molar-refractivity contribution in [3.8, 4) is 11.4 Å². The summed E-state index contributed by atoms with van der Waals surface area (Å²) in [7, 11) is 1.91. The molecule has 3 aromatic heterocycles. The molecule has 0 aliphatic carbocycles. The van der Waals surface area contributed by atoms with E-state index in [0.29, 0.717) is 11.6 Å². The SMILES string of the molecule is Cn1c2nc(-c3ccccc3)ncc2c2ncnc(N)c21. The van der Waals surface area contributed by atoms with Gasteiger partial charge in [-0.3, -0.25) is 0 Å². The van der Waals surface area contributed by atoms with Gasteiger partial charge in [-0.05, 0) is 0 Å². The lowest BCUT2D eigenvalue weighted by atomic mass is 10.2. The van der Waals surface area contributed by atoms with Crippen LogP contribution >= 0.6 is 0 Å². The molecular formula is C15H12N6. The van der Waals surface area contributed by atoms with Gasteiger partial charge in [-0.15, -0.1) is 0 Å². The number of hydrogen-bond donors (Lipinski definition) is 1. The second kappa shape index (κ2) is 4.24. The molecule has 2 N–H and O–H groups in total. The van der Waals surface area contributed by atoms with E-state index in [2.05, 4.69) is 19.9 Å². The van der Waals surface area contributed by atoms with Gasteiger partial charge in [-0.2, -0.15) is 0 Å². The van der Waals surface area contributed by atoms with Crippen molar-refractivity contribution >= 4 is 27.9 Å². The Morgan fingerprint density at radius 3 is 2.67 bits per heavy atom. The molecule has 6 nitrogen and oxygen atoms in total. The molecule has 0 radical (unpaired) electrons. The van der Waals surface area contributed by atoms with E-state index >= 15 is 0 Å². The third-order valence-corrected chi connectivity index (χ3v) is 3.56. The molecule has 102 valence electrons. The number of nitrogen functional groups attached to an aromatic ring is 1. The maximum Gasteiger partial charge on any atom is 0.161 e. The minimum absolute atomic E-state index is 0.446. The molecule has 0 amide bonds. The molecule has 0 atom stereocenters. The predicted molar refractivity (Wildman–Crippen MR) is 81.5 cm³/mol. The molecule has 0 spiro atoms. The molecule has 4 rings (SSSR count). The fourth-order valence-corrected chi connectivity index (χ4v) is 2.55. The Morgan fingerprint density at radius 1 is 1.05 bits per heavy atom. The number of nitrogens with zero attached hydrogens (tertiary/aromatic N) is 5. The summed E-state index contributed by atoms with van der Waals surface area (Å²) >= 11 is 0. The highest BCUT2D eigenvalue weighted by Crippen LogP contribution is 2.28. The zero-order chi connectivity index (χ0) is 14.4. The van der Waals surface area contributed by atoms with Gasteiger partial charge in [0.15, 0.2) is 11.6 Å². The average molecular weight is 276 g/mol. The number of anilines is 1. The van der Waals surface area contributed by atoms with Crippen molar-refractivity contribution in [1.82, 2.24) is 24.5 Å². The van der Waals surface area contributed by atoms with Gasteiger partial charge in [-0.25, -0.2) is 19.9 Å². The van der Waals surface area contributed by atoms with Crippen LogP contribution in [0.2, 0.25) is 0 Å². The lowest BCUT2D eigenvalue weighted by Crippen LogP contribution is -1.97. The molecule has 0 bridgehead atoms. The zero-order valence-corrected chi connectivity index (χ0v) is 11.4. The predicted octanol–water partition coefficient (Wildman–Crippen LogP) is 2.16. The Kier molecular flexibility index (Phi) is 2.38. The maximum absolute atomic E-state index is 5.95. The van der Waals surface area contributed by atoms with Gasteiger partial charge < -0.3 is 10.3 Å². The van der Waals surface area contributed by atoms with E-state index in [1.807, 2.05) is 41.9 Å². The van der Waals surface area contributed by atoms with E-state index in [9.17, 15) is 0 Å². The summed E-state index contributed by atoms with van der Waals surface area (Å²) in [5.41, 5.74) is 9.28. The number of aryl methyl sites for hydroxylation is 1. The molecule has 0 saturated heterocycles. The van der Waals surface area contributed by atoms with Gasteiger partial charge in [0.2, 0.25) is 0 Å². The molecular weight excluding hydrogens is 264 g/mol. The Labute approximate surface area is 120 Å². The van der Waals surface area contributed by atoms with Crippen LogP contribution in [-0.4, -0.2) is 24.5 Å². The van der Waals surface area contributed by atoms with Crippen LogP contribution in [0.5, 0.6) is 0 Å². The Hall–Kier alpha value is -3.02. The van der Waals surface area contributed by atoms with Crippen molar-refractivity contribution < 1.29 is 0 Å². The quantitative estimate of drug-likeness (QED) is 0.576. The lowest BCUT2D eigenvalue weighted by molar-refractivity contribution is 0.979. The van der Waals surface area contributed by atoms with E-state index < -0.39 is 0 Å². The minimum Gasteiger partial charge on any atom is -0.382 e. The first-order valence-corrected chi connectivity index (χ1v) is 6.53. The first-order valence-electron chi connectivity index (χ1n) is 6.53. The second-order valence-electron chi connectivity index (χ2n) is 4.81. The van der Waals surface area contributed by atoms with E-state index in [4.69, 9.17) is 5.73 Å². The minimum atomic E-state index is 0.446. The normalized spacial score (nSPS) is 11.3. The van der Waals surface area contributed by atoms with Crippen molar-refractivity contribution in [2.24, 2.45) is 7.05 Å². The topological polar surface area (TPSA) is 82.5 Å². The molecule has 0 fully saturated rings. The number of hydrogen-bond acceptors (Lipinski definition) is 5. The van der Waals surface area contributed by atoms with Crippen LogP contribution < -0.4 is 5.73 Å². The third kappa shape index (κ3) is 1.66. The average Bonchev–Trinajstić information content (AvgIpc) is 2.82. The lowest BCUT2D eigenvalue weighted by Gasteiger charge is -2.01. The van der Waals surface area contributed by atoms with Crippen molar-refractivity contribution in [2.45, 2.75) is 0 Å². The van der Waals surface area contributed by atoms with Gasteiger partial charge in [-0.1, -0.05) is 30.3 Å². The molecule has 3 heterocycles. The fraction of sp³-hybridized carbons (Fsp3) is 0.0667. The van der Waals surface area contributed by atoms with Crippen LogP contribution in [0.4, 0.5) is 5.82 Å². The highest BCUT2D eigenvalue weighted by molar-refractivity contribution is 6.07. The number of benzene rings is 1. The number of fused-ring (bicyclic) bond motifs is 3. The van der Waals surface area contributed by atoms with E-state index in [0.717, 1.165) is 27.6 Å². The van der Waals surface area contributed by atoms with Crippen LogP contribution in [0.1, 0.15) is 0 Å². The summed E-state index contributed by atoms with van der Waals surface area (Å²) in [5, 5.41) is 0.876. The Bertz CT molecular complexity index is 958. The molecule has 0 aliphatic heterocycles. The van der Waals surface area contributed by atoms with E-state index in [1.54, 1.807) is 6.20 Å². The van der Waals surface area contributed by atoms with E-state index in [-0.39, 0.29) is 0 Å². The molecule has 1 aromatic carbocycles. The highest BCUT2D eigenvalue weighted by atomic mass is 15.1. The standard InChI is InChI=1S/C15H12N6/c1-21-12-11(18-8-19-13(12)16)10-7-17-14(20-15(10)21)9-5-3-2-4-6-9/h2-8H,1H3,(H2,16,18,19). The van der Waals surface area contributed by atoms with E-state index in [1.165, 1.54) is 6.33 Å². The molecule has 6 heteroatoms. The summed E-state index contributed by atoms with van der Waals surface area (Å²) in [5.74, 6) is 1.13. The van der Waals surface area contributed by atoms with Crippen molar-refractivity contribution in [1.29, 1.82) is 0 Å². The Morgan fingerprint density at radius 2 is 1.86 bits per heavy atom. The highest BCUT2D eigenvalue weighted by Gasteiger charge is 2.15. The Balaban J connectivity index is 2.07. The second-order valence-corrected chi connectivity index (χ2v) is 4.81. The maximum atomic E-state index is 5.95. The molecule has 0 aliphatic rings. The fourth-order valence-electron chi connectivity index (χ4n) is 2.55. The summed E-state index contributed by atoms with van der Waals surface area (Å²) in [4.78, 5) is 17.4. The van der Waals surface area contributed by atoms with Crippen molar-refractivity contribution in [2.75, 3.05) is 5.73 Å². The zero-order valence-electron chi connectivity index (χ0n) is 11.4. The third-order valence-electron chi connectivity index (χ3n) is 3.56. The van der Waals surface area contributed by atoms with Gasteiger partial charge >= 0.3 is 0 Å². The number of nitrogens with two attached hydrogens (primary N) is 1. The summed E-state index contributed by atoms with van der Waals surface area (Å²) < 4.78 is 1.91. The number of aromatic nitrogens is 5. The summed E-state index contributed by atoms with van der Waals surface area (Å²) in [6.45, 7) is 0. The van der Waals surface area contributed by atoms with Crippen LogP contribution in [0.25, 0.3) is 33.5 Å². The first-order chi connectivity index (χ1) is 10.3. The molecule has 21 heavy (non-hydrogen) atoms. The number of rotatable bonds is 1. The largest absolute Gasteiger partial charge is 0.382 e. The van der Waals surface area contributed by atoms with Crippen LogP contribution in [0, 0.1) is 0 Å². The summed E-state index contributed by atoms with van der Waals surface area (Å²) in [6, 6.07) is 9.87. The summed E-state index contributed by atoms with van der Waals surface area (Å²) in [6.07, 6.45) is 3.25. The van der Waals surface area contributed by atoms with Gasteiger partial charge in [0.05, 0.1) is 5.39 Å². The first kappa shape index (κ1) is 11.8.